The lowest BCUT2D eigenvalue weighted by Gasteiger charge is -2.23. The van der Waals surface area contributed by atoms with Crippen molar-refractivity contribution in [1.29, 1.82) is 0 Å². The minimum absolute atomic E-state index is 0.0652. The van der Waals surface area contributed by atoms with E-state index in [1.165, 1.54) is 4.90 Å². The smallest absolute Gasteiger partial charge is 0.315 e. The van der Waals surface area contributed by atoms with E-state index in [0.717, 1.165) is 16.0 Å². The Morgan fingerprint density at radius 3 is 2.52 bits per heavy atom. The lowest BCUT2D eigenvalue weighted by Crippen LogP contribution is -2.40. The van der Waals surface area contributed by atoms with Crippen LogP contribution in [0, 0.1) is 0 Å². The summed E-state index contributed by atoms with van der Waals surface area (Å²) < 4.78 is 1.77. The van der Waals surface area contributed by atoms with Gasteiger partial charge in [0, 0.05) is 41.7 Å². The molecule has 152 valence electrons. The second-order valence-electron chi connectivity index (χ2n) is 7.01. The first kappa shape index (κ1) is 21.0. The summed E-state index contributed by atoms with van der Waals surface area (Å²) in [6, 6.07) is 18.3. The van der Waals surface area contributed by atoms with Gasteiger partial charge in [0.15, 0.2) is 0 Å². The Balaban J connectivity index is 1.55. The fraction of sp³-hybridized carbons (Fsp3) is 0.273. The maximum Gasteiger partial charge on any atom is 0.315 e. The normalized spacial score (nSPS) is 12.0. The first-order chi connectivity index (χ1) is 14.0. The minimum Gasteiger partial charge on any atom is -0.336 e. The van der Waals surface area contributed by atoms with Crippen LogP contribution in [0.2, 0.25) is 0 Å². The van der Waals surface area contributed by atoms with Crippen molar-refractivity contribution in [1.82, 2.24) is 25.3 Å². The molecular formula is C22H27N5OS. The second-order valence-corrected chi connectivity index (χ2v) is 8.13. The first-order valence-electron chi connectivity index (χ1n) is 9.50. The fourth-order valence-electron chi connectivity index (χ4n) is 3.00. The maximum atomic E-state index is 12.4. The molecule has 0 saturated heterocycles. The van der Waals surface area contributed by atoms with Crippen LogP contribution in [-0.4, -0.2) is 41.4 Å². The van der Waals surface area contributed by atoms with E-state index in [-0.39, 0.29) is 12.1 Å². The van der Waals surface area contributed by atoms with Crippen LogP contribution in [0.5, 0.6) is 0 Å². The number of rotatable bonds is 8. The number of carbonyl (C=O) groups excluding carboxylic acids is 1. The van der Waals surface area contributed by atoms with Gasteiger partial charge < -0.3 is 15.5 Å². The van der Waals surface area contributed by atoms with Gasteiger partial charge in [-0.15, -0.1) is 0 Å². The zero-order valence-corrected chi connectivity index (χ0v) is 17.8. The monoisotopic (exact) mass is 409 g/mol. The largest absolute Gasteiger partial charge is 0.336 e. The van der Waals surface area contributed by atoms with E-state index in [0.29, 0.717) is 13.1 Å². The molecule has 0 aliphatic heterocycles. The van der Waals surface area contributed by atoms with Gasteiger partial charge in [0.25, 0.3) is 0 Å². The molecule has 0 radical (unpaired) electrons. The van der Waals surface area contributed by atoms with Crippen molar-refractivity contribution >= 4 is 17.8 Å². The van der Waals surface area contributed by atoms with Gasteiger partial charge in [-0.25, -0.2) is 4.79 Å². The van der Waals surface area contributed by atoms with Crippen LogP contribution in [0.25, 0.3) is 0 Å². The molecule has 7 heteroatoms. The van der Waals surface area contributed by atoms with Gasteiger partial charge in [-0.05, 0) is 37.9 Å². The lowest BCUT2D eigenvalue weighted by atomic mass is 10.1. The number of urea groups is 1. The summed E-state index contributed by atoms with van der Waals surface area (Å²) in [6.45, 7) is 0.978. The van der Waals surface area contributed by atoms with Gasteiger partial charge in [0.1, 0.15) is 0 Å². The SMILES string of the molecule is CN(C)C(CNC(=O)NCc1ccccc1Sc1ccccc1)c1cnn(C)c1. The van der Waals surface area contributed by atoms with Crippen LogP contribution in [-0.2, 0) is 13.6 Å². The summed E-state index contributed by atoms with van der Waals surface area (Å²) >= 11 is 1.70. The van der Waals surface area contributed by atoms with E-state index in [1.807, 2.05) is 69.9 Å². The summed E-state index contributed by atoms with van der Waals surface area (Å²) in [7, 11) is 5.88. The van der Waals surface area contributed by atoms with E-state index in [9.17, 15) is 4.79 Å². The highest BCUT2D eigenvalue weighted by Crippen LogP contribution is 2.30. The van der Waals surface area contributed by atoms with E-state index in [4.69, 9.17) is 0 Å². The molecular weight excluding hydrogens is 382 g/mol. The molecule has 2 amide bonds. The molecule has 0 fully saturated rings. The first-order valence-corrected chi connectivity index (χ1v) is 10.3. The van der Waals surface area contributed by atoms with E-state index >= 15 is 0 Å². The highest BCUT2D eigenvalue weighted by atomic mass is 32.2. The molecule has 29 heavy (non-hydrogen) atoms. The minimum atomic E-state index is -0.180. The van der Waals surface area contributed by atoms with Crippen LogP contribution >= 0.6 is 11.8 Å². The van der Waals surface area contributed by atoms with Crippen molar-refractivity contribution in [2.45, 2.75) is 22.4 Å². The zero-order chi connectivity index (χ0) is 20.6. The summed E-state index contributed by atoms with van der Waals surface area (Å²) in [5.41, 5.74) is 2.16. The molecule has 1 unspecified atom stereocenters. The van der Waals surface area contributed by atoms with Crippen molar-refractivity contribution in [2.24, 2.45) is 7.05 Å². The standard InChI is InChI=1S/C22H27N5OS/c1-26(2)20(18-14-25-27(3)16-18)15-24-22(28)23-13-17-9-7-8-12-21(17)29-19-10-5-4-6-11-19/h4-12,14,16,20H,13,15H2,1-3H3,(H2,23,24,28). The number of amides is 2. The van der Waals surface area contributed by atoms with Crippen LogP contribution in [0.4, 0.5) is 4.79 Å². The van der Waals surface area contributed by atoms with Crippen molar-refractivity contribution in [3.63, 3.8) is 0 Å². The number of likely N-dealkylation sites (N-methyl/N-ethyl adjacent to an activating group) is 1. The van der Waals surface area contributed by atoms with Crippen molar-refractivity contribution in [3.05, 3.63) is 78.1 Å². The fourth-order valence-corrected chi connectivity index (χ4v) is 3.97. The number of carbonyl (C=O) groups is 1. The molecule has 1 aromatic heterocycles. The topological polar surface area (TPSA) is 62.2 Å². The predicted molar refractivity (Wildman–Crippen MR) is 117 cm³/mol. The average Bonchev–Trinajstić information content (AvgIpc) is 3.14. The van der Waals surface area contributed by atoms with E-state index < -0.39 is 0 Å². The molecule has 3 aromatic rings. The molecule has 3 rings (SSSR count). The Morgan fingerprint density at radius 1 is 1.10 bits per heavy atom. The molecule has 1 heterocycles. The molecule has 1 atom stereocenters. The zero-order valence-electron chi connectivity index (χ0n) is 17.0. The third kappa shape index (κ3) is 6.10. The van der Waals surface area contributed by atoms with Gasteiger partial charge in [0.05, 0.1) is 12.2 Å². The van der Waals surface area contributed by atoms with Crippen molar-refractivity contribution in [2.75, 3.05) is 20.6 Å². The van der Waals surface area contributed by atoms with Crippen molar-refractivity contribution < 1.29 is 4.79 Å². The number of aromatic nitrogens is 2. The molecule has 0 bridgehead atoms. The Bertz CT molecular complexity index is 926. The van der Waals surface area contributed by atoms with Gasteiger partial charge in [-0.2, -0.15) is 5.10 Å². The van der Waals surface area contributed by atoms with Gasteiger partial charge in [-0.1, -0.05) is 48.2 Å². The Morgan fingerprint density at radius 2 is 1.83 bits per heavy atom. The molecule has 0 saturated carbocycles. The number of hydrogen-bond donors (Lipinski definition) is 2. The third-order valence-corrected chi connectivity index (χ3v) is 5.70. The van der Waals surface area contributed by atoms with Crippen LogP contribution < -0.4 is 10.6 Å². The molecule has 6 nitrogen and oxygen atoms in total. The third-order valence-electron chi connectivity index (χ3n) is 4.57. The summed E-state index contributed by atoms with van der Waals surface area (Å²) in [5.74, 6) is 0. The summed E-state index contributed by atoms with van der Waals surface area (Å²) in [6.07, 6.45) is 3.81. The second kappa shape index (κ2) is 10.1. The van der Waals surface area contributed by atoms with Crippen molar-refractivity contribution in [3.8, 4) is 0 Å². The number of aryl methyl sites for hydroxylation is 1. The highest BCUT2D eigenvalue weighted by Gasteiger charge is 2.17. The average molecular weight is 410 g/mol. The van der Waals surface area contributed by atoms with Crippen LogP contribution in [0.15, 0.2) is 76.8 Å². The molecule has 0 aliphatic carbocycles. The van der Waals surface area contributed by atoms with Gasteiger partial charge >= 0.3 is 6.03 Å². The molecule has 0 spiro atoms. The van der Waals surface area contributed by atoms with Gasteiger partial charge in [0.2, 0.25) is 0 Å². The van der Waals surface area contributed by atoms with E-state index in [1.54, 1.807) is 16.4 Å². The summed E-state index contributed by atoms with van der Waals surface area (Å²) in [4.78, 5) is 16.8. The highest BCUT2D eigenvalue weighted by molar-refractivity contribution is 7.99. The predicted octanol–water partition coefficient (Wildman–Crippen LogP) is 3.67. The van der Waals surface area contributed by atoms with Crippen LogP contribution in [0.1, 0.15) is 17.2 Å². The molecule has 2 N–H and O–H groups in total. The number of nitrogens with zero attached hydrogens (tertiary/aromatic N) is 3. The number of hydrogen-bond acceptors (Lipinski definition) is 4. The number of benzene rings is 2. The Labute approximate surface area is 176 Å². The molecule has 0 aliphatic rings. The summed E-state index contributed by atoms with van der Waals surface area (Å²) in [5, 5.41) is 10.2. The van der Waals surface area contributed by atoms with Crippen LogP contribution in [0.3, 0.4) is 0 Å². The quantitative estimate of drug-likeness (QED) is 0.596. The Kier molecular flexibility index (Phi) is 7.32. The molecule has 2 aromatic carbocycles. The maximum absolute atomic E-state index is 12.4. The Hall–Kier alpha value is -2.77. The van der Waals surface area contributed by atoms with Gasteiger partial charge in [-0.3, -0.25) is 4.68 Å². The van der Waals surface area contributed by atoms with E-state index in [2.05, 4.69) is 38.8 Å². The lowest BCUT2D eigenvalue weighted by molar-refractivity contribution is 0.232. The number of nitrogens with one attached hydrogen (secondary N) is 2.